The van der Waals surface area contributed by atoms with Gasteiger partial charge in [-0.1, -0.05) is 36.4 Å². The van der Waals surface area contributed by atoms with Gasteiger partial charge in [0.1, 0.15) is 17.5 Å². The first-order valence-electron chi connectivity index (χ1n) is 11.0. The number of amides is 3. The van der Waals surface area contributed by atoms with Crippen LogP contribution in [0.15, 0.2) is 48.5 Å². The molecule has 1 heterocycles. The zero-order valence-electron chi connectivity index (χ0n) is 18.9. The number of piperazine rings is 1. The van der Waals surface area contributed by atoms with Crippen molar-refractivity contribution in [2.24, 2.45) is 5.73 Å². The monoisotopic (exact) mass is 490 g/mol. The Labute approximate surface area is 204 Å². The predicted octanol–water partition coefficient (Wildman–Crippen LogP) is 1.16. The normalized spacial score (nSPS) is 14.6. The molecule has 5 N–H and O–H groups in total. The van der Waals surface area contributed by atoms with Crippen molar-refractivity contribution in [2.75, 3.05) is 26.2 Å². The quantitative estimate of drug-likeness (QED) is 0.416. The van der Waals surface area contributed by atoms with Gasteiger partial charge in [0.15, 0.2) is 0 Å². The molecule has 2 aromatic carbocycles. The van der Waals surface area contributed by atoms with E-state index < -0.39 is 17.9 Å². The van der Waals surface area contributed by atoms with E-state index in [0.29, 0.717) is 31.7 Å². The maximum atomic E-state index is 13.1. The molecule has 34 heavy (non-hydrogen) atoms. The largest absolute Gasteiger partial charge is 0.508 e. The van der Waals surface area contributed by atoms with Crippen LogP contribution in [-0.4, -0.2) is 70.0 Å². The van der Waals surface area contributed by atoms with Crippen molar-refractivity contribution in [1.29, 1.82) is 0 Å². The second-order valence-corrected chi connectivity index (χ2v) is 8.20. The van der Waals surface area contributed by atoms with Crippen LogP contribution in [0.3, 0.4) is 0 Å². The molecule has 0 aliphatic carbocycles. The van der Waals surface area contributed by atoms with E-state index in [1.54, 1.807) is 4.90 Å². The van der Waals surface area contributed by atoms with Gasteiger partial charge in [0.2, 0.25) is 17.7 Å². The zero-order valence-corrected chi connectivity index (χ0v) is 19.7. The van der Waals surface area contributed by atoms with Crippen molar-refractivity contribution in [3.05, 3.63) is 59.7 Å². The van der Waals surface area contributed by atoms with Gasteiger partial charge in [0, 0.05) is 50.8 Å². The molecule has 3 amide bonds. The van der Waals surface area contributed by atoms with Crippen LogP contribution >= 0.6 is 12.4 Å². The minimum atomic E-state index is -0.884. The molecule has 0 aromatic heterocycles. The van der Waals surface area contributed by atoms with Crippen LogP contribution in [-0.2, 0) is 27.3 Å². The van der Waals surface area contributed by atoms with E-state index in [0.717, 1.165) is 12.6 Å². The summed E-state index contributed by atoms with van der Waals surface area (Å²) < 4.78 is 0. The molecular formula is C24H31ClN4O5. The fraction of sp³-hybridized carbons (Fsp3) is 0.375. The lowest BCUT2D eigenvalue weighted by Gasteiger charge is -2.36. The van der Waals surface area contributed by atoms with Gasteiger partial charge in [-0.15, -0.1) is 12.4 Å². The lowest BCUT2D eigenvalue weighted by molar-refractivity contribution is -0.138. The Kier molecular flexibility index (Phi) is 10.2. The SMILES string of the molecule is Cl.NC(=O)CC[C@H](NC(=O)Cc1ccc(O)cc1O)C(=O)N1CCN(Cc2ccccc2)CC1. The molecular weight excluding hydrogens is 460 g/mol. The third-order valence-electron chi connectivity index (χ3n) is 5.67. The number of nitrogens with one attached hydrogen (secondary N) is 1. The summed E-state index contributed by atoms with van der Waals surface area (Å²) in [5, 5.41) is 22.0. The Hall–Kier alpha value is -3.30. The zero-order chi connectivity index (χ0) is 23.8. The fourth-order valence-corrected chi connectivity index (χ4v) is 3.85. The molecule has 1 aliphatic heterocycles. The van der Waals surface area contributed by atoms with E-state index in [2.05, 4.69) is 22.3 Å². The van der Waals surface area contributed by atoms with Crippen molar-refractivity contribution in [3.8, 4) is 11.5 Å². The first-order valence-corrected chi connectivity index (χ1v) is 11.0. The van der Waals surface area contributed by atoms with E-state index in [1.165, 1.54) is 17.7 Å². The number of halogens is 1. The van der Waals surface area contributed by atoms with Gasteiger partial charge < -0.3 is 26.2 Å². The molecule has 1 atom stereocenters. The van der Waals surface area contributed by atoms with Crippen molar-refractivity contribution in [1.82, 2.24) is 15.1 Å². The van der Waals surface area contributed by atoms with Crippen molar-refractivity contribution < 1.29 is 24.6 Å². The number of phenolic OH excluding ortho intramolecular Hbond substituents is 2. The molecule has 0 saturated carbocycles. The Bertz CT molecular complexity index is 981. The lowest BCUT2D eigenvalue weighted by Crippen LogP contribution is -2.55. The lowest BCUT2D eigenvalue weighted by atomic mass is 10.1. The summed E-state index contributed by atoms with van der Waals surface area (Å²) in [4.78, 5) is 41.0. The number of carbonyl (C=O) groups is 3. The highest BCUT2D eigenvalue weighted by Crippen LogP contribution is 2.23. The molecule has 0 radical (unpaired) electrons. The highest BCUT2D eigenvalue weighted by Gasteiger charge is 2.29. The first-order chi connectivity index (χ1) is 15.8. The number of nitrogens with zero attached hydrogens (tertiary/aromatic N) is 2. The molecule has 10 heteroatoms. The van der Waals surface area contributed by atoms with E-state index in [-0.39, 0.29) is 49.1 Å². The Morgan fingerprint density at radius 3 is 2.29 bits per heavy atom. The summed E-state index contributed by atoms with van der Waals surface area (Å²) >= 11 is 0. The smallest absolute Gasteiger partial charge is 0.245 e. The van der Waals surface area contributed by atoms with Gasteiger partial charge in [0.05, 0.1) is 6.42 Å². The summed E-state index contributed by atoms with van der Waals surface area (Å²) in [7, 11) is 0. The van der Waals surface area contributed by atoms with Crippen molar-refractivity contribution in [3.63, 3.8) is 0 Å². The van der Waals surface area contributed by atoms with Gasteiger partial charge in [-0.25, -0.2) is 0 Å². The Morgan fingerprint density at radius 1 is 1.00 bits per heavy atom. The summed E-state index contributed by atoms with van der Waals surface area (Å²) in [5.41, 5.74) is 6.79. The van der Waals surface area contributed by atoms with Crippen LogP contribution in [0.1, 0.15) is 24.0 Å². The number of rotatable bonds is 9. The topological polar surface area (TPSA) is 136 Å². The van der Waals surface area contributed by atoms with Crippen LogP contribution < -0.4 is 11.1 Å². The molecule has 0 spiro atoms. The number of primary amides is 1. The first kappa shape index (κ1) is 26.9. The molecule has 9 nitrogen and oxygen atoms in total. The van der Waals surface area contributed by atoms with Crippen molar-refractivity contribution >= 4 is 30.1 Å². The summed E-state index contributed by atoms with van der Waals surface area (Å²) in [6.45, 7) is 3.26. The molecule has 0 unspecified atom stereocenters. The van der Waals surface area contributed by atoms with E-state index >= 15 is 0 Å². The average molecular weight is 491 g/mol. The highest BCUT2D eigenvalue weighted by atomic mass is 35.5. The number of benzene rings is 2. The standard InChI is InChI=1S/C24H30N4O5.ClH/c25-22(31)9-8-20(26-23(32)14-18-6-7-19(29)15-21(18)30)24(33)28-12-10-27(11-13-28)16-17-4-2-1-3-5-17;/h1-7,15,20,29-30H,8-14,16H2,(H2,25,31)(H,26,32);1H/t20-;/m0./s1. The van der Waals surface area contributed by atoms with Gasteiger partial charge in [-0.05, 0) is 18.1 Å². The number of phenols is 2. The minimum Gasteiger partial charge on any atom is -0.508 e. The molecule has 0 bridgehead atoms. The van der Waals surface area contributed by atoms with Crippen LogP contribution in [0, 0.1) is 0 Å². The van der Waals surface area contributed by atoms with Crippen molar-refractivity contribution in [2.45, 2.75) is 31.8 Å². The van der Waals surface area contributed by atoms with E-state index in [4.69, 9.17) is 5.73 Å². The summed E-state index contributed by atoms with van der Waals surface area (Å²) in [5.74, 6) is -1.59. The second-order valence-electron chi connectivity index (χ2n) is 8.20. The second kappa shape index (κ2) is 12.8. The molecule has 1 saturated heterocycles. The van der Waals surface area contributed by atoms with Gasteiger partial charge in [0.25, 0.3) is 0 Å². The third-order valence-corrected chi connectivity index (χ3v) is 5.67. The molecule has 1 fully saturated rings. The summed E-state index contributed by atoms with van der Waals surface area (Å²) in [6, 6.07) is 13.2. The Balaban J connectivity index is 0.00000408. The highest BCUT2D eigenvalue weighted by molar-refractivity contribution is 5.89. The molecule has 184 valence electrons. The fourth-order valence-electron chi connectivity index (χ4n) is 3.85. The predicted molar refractivity (Wildman–Crippen MR) is 129 cm³/mol. The van der Waals surface area contributed by atoms with Gasteiger partial charge >= 0.3 is 0 Å². The van der Waals surface area contributed by atoms with Crippen LogP contribution in [0.4, 0.5) is 0 Å². The van der Waals surface area contributed by atoms with Crippen LogP contribution in [0.25, 0.3) is 0 Å². The summed E-state index contributed by atoms with van der Waals surface area (Å²) in [6.07, 6.45) is -0.0991. The van der Waals surface area contributed by atoms with Gasteiger partial charge in [-0.2, -0.15) is 0 Å². The minimum absolute atomic E-state index is 0. The molecule has 1 aliphatic rings. The number of aromatic hydroxyl groups is 2. The van der Waals surface area contributed by atoms with Gasteiger partial charge in [-0.3, -0.25) is 19.3 Å². The van der Waals surface area contributed by atoms with E-state index in [9.17, 15) is 24.6 Å². The van der Waals surface area contributed by atoms with Crippen LogP contribution in [0.5, 0.6) is 11.5 Å². The third kappa shape index (κ3) is 7.93. The van der Waals surface area contributed by atoms with Crippen LogP contribution in [0.2, 0.25) is 0 Å². The maximum absolute atomic E-state index is 13.1. The number of carbonyl (C=O) groups excluding carboxylic acids is 3. The van der Waals surface area contributed by atoms with E-state index in [1.807, 2.05) is 18.2 Å². The number of hydrogen-bond donors (Lipinski definition) is 4. The maximum Gasteiger partial charge on any atom is 0.245 e. The number of hydrogen-bond acceptors (Lipinski definition) is 6. The Morgan fingerprint density at radius 2 is 1.68 bits per heavy atom. The molecule has 3 rings (SSSR count). The average Bonchev–Trinajstić information content (AvgIpc) is 2.79. The number of nitrogens with two attached hydrogens (primary N) is 1. The molecule has 2 aromatic rings.